The monoisotopic (exact) mass is 1000 g/mol. The molecule has 0 bridgehead atoms. The summed E-state index contributed by atoms with van der Waals surface area (Å²) in [5, 5.41) is 40.4. The van der Waals surface area contributed by atoms with Crippen LogP contribution in [0.1, 0.15) is 237 Å². The molecule has 0 unspecified atom stereocenters. The lowest BCUT2D eigenvalue weighted by Gasteiger charge is -2.59. The van der Waals surface area contributed by atoms with Crippen LogP contribution in [-0.2, 0) is 28.7 Å². The predicted molar refractivity (Wildman–Crippen MR) is 282 cm³/mol. The van der Waals surface area contributed by atoms with E-state index in [1.165, 1.54) is 76.2 Å². The number of carbonyl (C=O) groups excluding carboxylic acids is 3. The fourth-order valence-electron chi connectivity index (χ4n) is 18.2. The summed E-state index contributed by atoms with van der Waals surface area (Å²) in [7, 11) is 0. The molecule has 9 rings (SSSR count). The molecule has 16 atom stereocenters. The average Bonchev–Trinajstić information content (AvgIpc) is 3.97. The topological polar surface area (TPSA) is 168 Å². The van der Waals surface area contributed by atoms with Crippen molar-refractivity contribution in [3.8, 4) is 0 Å². The van der Waals surface area contributed by atoms with Gasteiger partial charge >= 0.3 is 23.9 Å². The van der Waals surface area contributed by atoms with E-state index in [2.05, 4.69) is 58.4 Å². The molecule has 8 aliphatic carbocycles. The van der Waals surface area contributed by atoms with E-state index in [1.54, 1.807) is 5.57 Å². The molecule has 408 valence electrons. The van der Waals surface area contributed by atoms with Crippen molar-refractivity contribution in [3.63, 3.8) is 0 Å². The van der Waals surface area contributed by atoms with Gasteiger partial charge < -0.3 is 29.9 Å². The van der Waals surface area contributed by atoms with E-state index >= 15 is 0 Å². The van der Waals surface area contributed by atoms with Gasteiger partial charge in [0, 0.05) is 0 Å². The summed E-state index contributed by atoms with van der Waals surface area (Å²) in [4.78, 5) is 42.9. The Morgan fingerprint density at radius 3 is 1.46 bits per heavy atom. The van der Waals surface area contributed by atoms with Crippen LogP contribution in [-0.4, -0.2) is 66.7 Å². The summed E-state index contributed by atoms with van der Waals surface area (Å²) in [6, 6.07) is 0. The first kappa shape index (κ1) is 57.2. The number of rotatable bonds is 12. The van der Waals surface area contributed by atoms with Crippen molar-refractivity contribution < 1.29 is 49.1 Å². The lowest BCUT2D eigenvalue weighted by molar-refractivity contribution is -0.159. The van der Waals surface area contributed by atoms with Crippen LogP contribution in [0.25, 0.3) is 0 Å². The Balaban J connectivity index is 0.000000189. The van der Waals surface area contributed by atoms with Gasteiger partial charge in [-0.25, -0.2) is 0 Å². The number of allylic oxidation sites excluding steroid dienone is 2. The van der Waals surface area contributed by atoms with Crippen LogP contribution in [0.15, 0.2) is 23.3 Å². The van der Waals surface area contributed by atoms with Crippen molar-refractivity contribution in [1.82, 2.24) is 0 Å². The lowest BCUT2D eigenvalue weighted by Crippen LogP contribution is -2.52. The average molecular weight is 1010 g/mol. The molecule has 1 aliphatic heterocycles. The van der Waals surface area contributed by atoms with Crippen LogP contribution in [0.3, 0.4) is 0 Å². The quantitative estimate of drug-likeness (QED) is 0.0839. The third kappa shape index (κ3) is 12.2. The van der Waals surface area contributed by atoms with Crippen molar-refractivity contribution in [2.45, 2.75) is 260 Å². The highest BCUT2D eigenvalue weighted by molar-refractivity contribution is 5.92. The van der Waals surface area contributed by atoms with Crippen LogP contribution in [0, 0.1) is 80.8 Å². The second kappa shape index (κ2) is 21.1. The Hall–Kier alpha value is -2.56. The minimum Gasteiger partial charge on any atom is -0.481 e. The van der Waals surface area contributed by atoms with Gasteiger partial charge in [-0.15, -0.1) is 0 Å². The Labute approximate surface area is 435 Å². The maximum atomic E-state index is 12.1. The van der Waals surface area contributed by atoms with Crippen molar-refractivity contribution in [2.75, 3.05) is 0 Å². The Kier molecular flexibility index (Phi) is 16.8. The molecule has 0 aromatic heterocycles. The summed E-state index contributed by atoms with van der Waals surface area (Å²) in [5.41, 5.74) is 2.45. The number of aliphatic carboxylic acids is 1. The summed E-state index contributed by atoms with van der Waals surface area (Å²) >= 11 is 0. The van der Waals surface area contributed by atoms with Gasteiger partial charge in [0.2, 0.25) is 0 Å². The van der Waals surface area contributed by atoms with Crippen molar-refractivity contribution >= 4 is 23.9 Å². The van der Waals surface area contributed by atoms with E-state index in [4.69, 9.17) is 9.84 Å². The van der Waals surface area contributed by atoms with Gasteiger partial charge in [-0.2, -0.15) is 0 Å². The standard InChI is InChI=1S/C31H50O5.C27H46O2.C4H4O3/c1-20(13-15-28(2,3)36-27(34)12-11-26(32)33)23-9-10-24-22-8-7-21-19-29(4,35)17-18-30(21,5)25(22)14-16-31(23,24)6;1-18(11-13-24(2,3)28)21-9-10-22-20-8-7-19-17-25(4,29)15-16-26(19,5)23(20)12-14-27(21,22)6;5-3-1-2-4(6)7-3/h7,20,22-25,35H,8-19H2,1-6H3,(H,32,33);7,18,20-23,28-29H,8-17H2,1-6H3;1-2H2/t20-,22+,23-,24+,25+,29+,30+,31-;18-,20+,21-,22+,23+,25+,26+,27-;/m11./s1. The van der Waals surface area contributed by atoms with Gasteiger partial charge in [0.15, 0.2) is 0 Å². The number of carboxylic acids is 1. The number of fused-ring (bicyclic) bond motifs is 10. The molecule has 10 heteroatoms. The minimum absolute atomic E-state index is 0.0636. The highest BCUT2D eigenvalue weighted by Gasteiger charge is 2.61. The molecule has 4 N–H and O–H groups in total. The number of ether oxygens (including phenoxy) is 2. The first-order valence-electron chi connectivity index (χ1n) is 29.0. The SMILES string of the molecule is C[C@H](CCC(C)(C)O)[C@H]1CC[C@H]2[C@@H]3CC=C4C[C@@](C)(O)CC[C@]4(C)[C@H]3CC[C@]12C.C[C@H](CCC(C)(C)OC(=O)CCC(=O)O)[C@H]1CC[C@H]2[C@@H]3CC=C4C[C@@](C)(O)CC[C@]4(C)[C@H]3CC[C@]12C.O=C1CCC(=O)O1. The van der Waals surface area contributed by atoms with Gasteiger partial charge in [-0.1, -0.05) is 64.8 Å². The van der Waals surface area contributed by atoms with Gasteiger partial charge in [0.05, 0.1) is 42.5 Å². The normalized spacial score (nSPS) is 41.9. The van der Waals surface area contributed by atoms with Crippen LogP contribution < -0.4 is 0 Å². The summed E-state index contributed by atoms with van der Waals surface area (Å²) in [5.74, 6) is 5.47. The fraction of sp³-hybridized carbons (Fsp3) is 0.871. The van der Waals surface area contributed by atoms with E-state index in [0.717, 1.165) is 99.2 Å². The van der Waals surface area contributed by atoms with Crippen molar-refractivity contribution in [1.29, 1.82) is 0 Å². The molecule has 0 aromatic rings. The number of hydrogen-bond acceptors (Lipinski definition) is 9. The number of cyclic esters (lactones) is 2. The summed E-state index contributed by atoms with van der Waals surface area (Å²) < 4.78 is 9.74. The molecule has 0 amide bonds. The molecule has 0 spiro atoms. The minimum atomic E-state index is -0.967. The van der Waals surface area contributed by atoms with Crippen molar-refractivity contribution in [2.24, 2.45) is 80.8 Å². The van der Waals surface area contributed by atoms with Crippen LogP contribution in [0.5, 0.6) is 0 Å². The van der Waals surface area contributed by atoms with Gasteiger partial charge in [-0.3, -0.25) is 19.2 Å². The number of hydrogen-bond donors (Lipinski definition) is 4. The van der Waals surface area contributed by atoms with E-state index in [-0.39, 0.29) is 31.1 Å². The Morgan fingerprint density at radius 1 is 0.639 bits per heavy atom. The van der Waals surface area contributed by atoms with Crippen LogP contribution >= 0.6 is 0 Å². The molecule has 0 aromatic carbocycles. The predicted octanol–water partition coefficient (Wildman–Crippen LogP) is 13.3. The second-order valence-corrected chi connectivity index (χ2v) is 28.6. The number of aliphatic hydroxyl groups is 3. The molecule has 1 saturated heterocycles. The zero-order valence-corrected chi connectivity index (χ0v) is 47.1. The highest BCUT2D eigenvalue weighted by atomic mass is 16.6. The second-order valence-electron chi connectivity index (χ2n) is 28.6. The largest absolute Gasteiger partial charge is 0.481 e. The first-order chi connectivity index (χ1) is 33.3. The van der Waals surface area contributed by atoms with Gasteiger partial charge in [-0.05, 0) is 251 Å². The smallest absolute Gasteiger partial charge is 0.314 e. The lowest BCUT2D eigenvalue weighted by atomic mass is 9.46. The third-order valence-electron chi connectivity index (χ3n) is 22.4. The van der Waals surface area contributed by atoms with E-state index in [9.17, 15) is 34.5 Å². The molecule has 1 heterocycles. The fourth-order valence-corrected chi connectivity index (χ4v) is 18.2. The number of carboxylic acid groups (broad SMARTS) is 1. The van der Waals surface area contributed by atoms with Crippen LogP contribution in [0.4, 0.5) is 0 Å². The zero-order valence-electron chi connectivity index (χ0n) is 47.1. The molecular formula is C62H100O10. The van der Waals surface area contributed by atoms with Crippen LogP contribution in [0.2, 0.25) is 0 Å². The van der Waals surface area contributed by atoms with Gasteiger partial charge in [0.1, 0.15) is 5.60 Å². The Morgan fingerprint density at radius 2 is 1.07 bits per heavy atom. The molecule has 6 saturated carbocycles. The maximum Gasteiger partial charge on any atom is 0.314 e. The Bertz CT molecular complexity index is 2040. The molecular weight excluding hydrogens is 905 g/mol. The maximum absolute atomic E-state index is 12.1. The molecule has 9 aliphatic rings. The van der Waals surface area contributed by atoms with Gasteiger partial charge in [0.25, 0.3) is 0 Å². The van der Waals surface area contributed by atoms with Crippen molar-refractivity contribution in [3.05, 3.63) is 23.3 Å². The highest BCUT2D eigenvalue weighted by Crippen LogP contribution is 2.69. The molecule has 72 heavy (non-hydrogen) atoms. The van der Waals surface area contributed by atoms with E-state index in [0.29, 0.717) is 34.0 Å². The molecule has 10 nitrogen and oxygen atoms in total. The number of esters is 3. The first-order valence-corrected chi connectivity index (χ1v) is 29.0. The molecule has 7 fully saturated rings. The summed E-state index contributed by atoms with van der Waals surface area (Å²) in [6.07, 6.45) is 28.4. The van der Waals surface area contributed by atoms with E-state index < -0.39 is 46.3 Å². The summed E-state index contributed by atoms with van der Waals surface area (Å²) in [6.45, 7) is 27.0. The number of carbonyl (C=O) groups is 4. The zero-order chi connectivity index (χ0) is 53.0. The van der Waals surface area contributed by atoms with E-state index in [1.807, 2.05) is 41.5 Å². The third-order valence-corrected chi connectivity index (χ3v) is 22.4. The molecule has 0 radical (unpaired) electrons.